The molecule has 1 saturated heterocycles. The largest absolute Gasteiger partial charge is 0.478 e. The highest BCUT2D eigenvalue weighted by Gasteiger charge is 2.32. The Morgan fingerprint density at radius 3 is 2.30 bits per heavy atom. The van der Waals surface area contributed by atoms with Gasteiger partial charge in [-0.2, -0.15) is 0 Å². The Morgan fingerprint density at radius 1 is 1.22 bits per heavy atom. The van der Waals surface area contributed by atoms with Crippen LogP contribution in [0.4, 0.5) is 0 Å². The number of rotatable bonds is 6. The van der Waals surface area contributed by atoms with E-state index in [1.54, 1.807) is 12.1 Å². The second kappa shape index (κ2) is 7.45. The van der Waals surface area contributed by atoms with Crippen LogP contribution >= 0.6 is 0 Å². The zero-order chi connectivity index (χ0) is 17.0. The minimum atomic E-state index is -0.876. The Labute approximate surface area is 139 Å². The van der Waals surface area contributed by atoms with Crippen molar-refractivity contribution < 1.29 is 9.90 Å². The molecule has 1 fully saturated rings. The normalized spacial score (nSPS) is 23.0. The molecule has 4 heteroatoms. The van der Waals surface area contributed by atoms with Crippen LogP contribution in [0.15, 0.2) is 24.3 Å². The van der Waals surface area contributed by atoms with Crippen molar-refractivity contribution in [2.24, 2.45) is 11.8 Å². The fourth-order valence-electron chi connectivity index (χ4n) is 3.55. The molecule has 0 aromatic heterocycles. The van der Waals surface area contributed by atoms with Crippen molar-refractivity contribution in [2.45, 2.75) is 46.2 Å². The van der Waals surface area contributed by atoms with Crippen molar-refractivity contribution in [3.8, 4) is 0 Å². The average Bonchev–Trinajstić information content (AvgIpc) is 2.46. The molecule has 2 atom stereocenters. The second-order valence-electron chi connectivity index (χ2n) is 7.77. The van der Waals surface area contributed by atoms with Gasteiger partial charge in [-0.25, -0.2) is 4.79 Å². The van der Waals surface area contributed by atoms with Gasteiger partial charge in [0.1, 0.15) is 0 Å². The van der Waals surface area contributed by atoms with Crippen LogP contribution < -0.4 is 5.32 Å². The second-order valence-corrected chi connectivity index (χ2v) is 7.77. The van der Waals surface area contributed by atoms with Crippen LogP contribution in [0.1, 0.15) is 50.0 Å². The molecule has 0 spiro atoms. The lowest BCUT2D eigenvalue weighted by Gasteiger charge is -2.45. The molecule has 1 aromatic rings. The maximum Gasteiger partial charge on any atom is 0.335 e. The van der Waals surface area contributed by atoms with E-state index in [4.69, 9.17) is 5.11 Å². The third-order valence-corrected chi connectivity index (χ3v) is 4.81. The number of likely N-dealkylation sites (tertiary alicyclic amines) is 1. The minimum Gasteiger partial charge on any atom is -0.478 e. The number of benzene rings is 1. The molecular weight excluding hydrogens is 288 g/mol. The van der Waals surface area contributed by atoms with E-state index in [1.165, 1.54) is 19.5 Å². The fourth-order valence-corrected chi connectivity index (χ4v) is 3.55. The molecule has 0 saturated carbocycles. The predicted molar refractivity (Wildman–Crippen MR) is 93.7 cm³/mol. The molecule has 1 aliphatic heterocycles. The third kappa shape index (κ3) is 5.05. The molecule has 2 rings (SSSR count). The molecule has 2 unspecified atom stereocenters. The van der Waals surface area contributed by atoms with Crippen LogP contribution in [-0.4, -0.2) is 41.1 Å². The summed E-state index contributed by atoms with van der Waals surface area (Å²) >= 11 is 0. The zero-order valence-electron chi connectivity index (χ0n) is 14.8. The van der Waals surface area contributed by atoms with Crippen molar-refractivity contribution in [1.82, 2.24) is 10.2 Å². The lowest BCUT2D eigenvalue weighted by atomic mass is 9.88. The number of hydrogen-bond donors (Lipinski definition) is 2. The van der Waals surface area contributed by atoms with Gasteiger partial charge in [0.05, 0.1) is 5.56 Å². The van der Waals surface area contributed by atoms with Crippen molar-refractivity contribution in [1.29, 1.82) is 0 Å². The maximum atomic E-state index is 10.9. The summed E-state index contributed by atoms with van der Waals surface area (Å²) in [6.07, 6.45) is 1.33. The number of nitrogens with zero attached hydrogens (tertiary/aromatic N) is 1. The molecule has 4 nitrogen and oxygen atoms in total. The van der Waals surface area contributed by atoms with Gasteiger partial charge in [0.25, 0.3) is 0 Å². The summed E-state index contributed by atoms with van der Waals surface area (Å²) < 4.78 is 0. The molecule has 0 aliphatic carbocycles. The predicted octanol–water partition coefficient (Wildman–Crippen LogP) is 3.23. The van der Waals surface area contributed by atoms with Crippen LogP contribution in [0, 0.1) is 11.8 Å². The molecule has 2 N–H and O–H groups in total. The third-order valence-electron chi connectivity index (χ3n) is 4.81. The number of carboxylic acids is 1. The summed E-state index contributed by atoms with van der Waals surface area (Å²) in [6, 6.07) is 7.10. The highest BCUT2D eigenvalue weighted by molar-refractivity contribution is 5.87. The van der Waals surface area contributed by atoms with E-state index in [0.717, 1.165) is 30.5 Å². The summed E-state index contributed by atoms with van der Waals surface area (Å²) in [5.41, 5.74) is 1.58. The van der Waals surface area contributed by atoms with Gasteiger partial charge < -0.3 is 10.4 Å². The highest BCUT2D eigenvalue weighted by atomic mass is 16.4. The number of nitrogens with one attached hydrogen (secondary N) is 1. The average molecular weight is 318 g/mol. The molecular formula is C19H30N2O2. The van der Waals surface area contributed by atoms with Gasteiger partial charge in [-0.1, -0.05) is 26.0 Å². The van der Waals surface area contributed by atoms with E-state index >= 15 is 0 Å². The highest BCUT2D eigenvalue weighted by Crippen LogP contribution is 2.26. The maximum absolute atomic E-state index is 10.9. The number of carboxylic acid groups (broad SMARTS) is 1. The van der Waals surface area contributed by atoms with Gasteiger partial charge in [-0.3, -0.25) is 4.90 Å². The van der Waals surface area contributed by atoms with Gasteiger partial charge >= 0.3 is 5.97 Å². The van der Waals surface area contributed by atoms with Gasteiger partial charge in [0.2, 0.25) is 0 Å². The first-order chi connectivity index (χ1) is 10.8. The van der Waals surface area contributed by atoms with Crippen LogP contribution in [0.25, 0.3) is 0 Å². The topological polar surface area (TPSA) is 52.6 Å². The SMILES string of the molecule is CC1CC(C)CN(C(C)(C)CNCc2ccc(C(=O)O)cc2)C1. The number of aromatic carboxylic acids is 1. The monoisotopic (exact) mass is 318 g/mol. The number of piperidine rings is 1. The Kier molecular flexibility index (Phi) is 5.82. The quantitative estimate of drug-likeness (QED) is 0.845. The summed E-state index contributed by atoms with van der Waals surface area (Å²) in [5, 5.41) is 12.5. The van der Waals surface area contributed by atoms with Crippen LogP contribution in [-0.2, 0) is 6.54 Å². The molecule has 1 aliphatic rings. The standard InChI is InChI=1S/C19H30N2O2/c1-14-9-15(2)12-21(11-14)19(3,4)13-20-10-16-5-7-17(8-6-16)18(22)23/h5-8,14-15,20H,9-13H2,1-4H3,(H,22,23). The summed E-state index contributed by atoms with van der Waals surface area (Å²) in [4.78, 5) is 13.5. The summed E-state index contributed by atoms with van der Waals surface area (Å²) in [7, 11) is 0. The molecule has 0 radical (unpaired) electrons. The van der Waals surface area contributed by atoms with Crippen LogP contribution in [0.2, 0.25) is 0 Å². The van der Waals surface area contributed by atoms with Crippen molar-refractivity contribution in [2.75, 3.05) is 19.6 Å². The van der Waals surface area contributed by atoms with Gasteiger partial charge in [0.15, 0.2) is 0 Å². The first-order valence-corrected chi connectivity index (χ1v) is 8.56. The summed E-state index contributed by atoms with van der Waals surface area (Å²) in [6.45, 7) is 13.3. The smallest absolute Gasteiger partial charge is 0.335 e. The lowest BCUT2D eigenvalue weighted by molar-refractivity contribution is 0.0457. The Hall–Kier alpha value is -1.39. The fraction of sp³-hybridized carbons (Fsp3) is 0.632. The first kappa shape index (κ1) is 18.0. The van der Waals surface area contributed by atoms with Crippen LogP contribution in [0.3, 0.4) is 0 Å². The van der Waals surface area contributed by atoms with E-state index in [2.05, 4.69) is 37.9 Å². The van der Waals surface area contributed by atoms with Gasteiger partial charge in [0, 0.05) is 31.7 Å². The van der Waals surface area contributed by atoms with Crippen molar-refractivity contribution in [3.63, 3.8) is 0 Å². The van der Waals surface area contributed by atoms with Crippen molar-refractivity contribution in [3.05, 3.63) is 35.4 Å². The van der Waals surface area contributed by atoms with Crippen LogP contribution in [0.5, 0.6) is 0 Å². The van der Waals surface area contributed by atoms with E-state index < -0.39 is 5.97 Å². The minimum absolute atomic E-state index is 0.129. The van der Waals surface area contributed by atoms with Gasteiger partial charge in [-0.15, -0.1) is 0 Å². The van der Waals surface area contributed by atoms with E-state index in [9.17, 15) is 4.79 Å². The van der Waals surface area contributed by atoms with Crippen molar-refractivity contribution >= 4 is 5.97 Å². The molecule has 128 valence electrons. The summed E-state index contributed by atoms with van der Waals surface area (Å²) in [5.74, 6) is 0.655. The molecule has 0 bridgehead atoms. The Morgan fingerprint density at radius 2 is 1.78 bits per heavy atom. The molecule has 23 heavy (non-hydrogen) atoms. The number of hydrogen-bond acceptors (Lipinski definition) is 3. The van der Waals surface area contributed by atoms with Gasteiger partial charge in [-0.05, 0) is 49.8 Å². The van der Waals surface area contributed by atoms with E-state index in [0.29, 0.717) is 5.56 Å². The van der Waals surface area contributed by atoms with E-state index in [-0.39, 0.29) is 5.54 Å². The molecule has 0 amide bonds. The first-order valence-electron chi connectivity index (χ1n) is 8.56. The molecule has 1 aromatic carbocycles. The Balaban J connectivity index is 1.85. The Bertz CT molecular complexity index is 515. The lowest BCUT2D eigenvalue weighted by Crippen LogP contribution is -2.55. The zero-order valence-corrected chi connectivity index (χ0v) is 14.8. The molecule has 1 heterocycles. The number of carbonyl (C=O) groups is 1. The van der Waals surface area contributed by atoms with E-state index in [1.807, 2.05) is 12.1 Å².